The van der Waals surface area contributed by atoms with Gasteiger partial charge in [0.25, 0.3) is 0 Å². The molecule has 0 aliphatic heterocycles. The summed E-state index contributed by atoms with van der Waals surface area (Å²) in [6.07, 6.45) is 7.53. The Bertz CT molecular complexity index is 669. The first-order valence-electron chi connectivity index (χ1n) is 8.76. The molecule has 0 saturated carbocycles. The van der Waals surface area contributed by atoms with E-state index in [0.717, 1.165) is 55.6 Å². The molecule has 24 heavy (non-hydrogen) atoms. The molecule has 0 unspecified atom stereocenters. The lowest BCUT2D eigenvalue weighted by Gasteiger charge is -2.04. The van der Waals surface area contributed by atoms with E-state index < -0.39 is 0 Å². The van der Waals surface area contributed by atoms with Crippen LogP contribution in [0.3, 0.4) is 0 Å². The van der Waals surface area contributed by atoms with Crippen molar-refractivity contribution in [3.8, 4) is 17.6 Å². The minimum absolute atomic E-state index is 0.778. The van der Waals surface area contributed by atoms with Gasteiger partial charge in [0.15, 0.2) is 0 Å². The number of hydrogen-bond acceptors (Lipinski definition) is 1. The van der Waals surface area contributed by atoms with E-state index >= 15 is 0 Å². The Hall–Kier alpha value is -2.46. The van der Waals surface area contributed by atoms with Crippen LogP contribution in [0, 0.1) is 11.8 Å². The van der Waals surface area contributed by atoms with Crippen molar-refractivity contribution in [2.24, 2.45) is 0 Å². The van der Waals surface area contributed by atoms with Crippen molar-refractivity contribution in [3.63, 3.8) is 0 Å². The first kappa shape index (κ1) is 17.9. The predicted molar refractivity (Wildman–Crippen MR) is 102 cm³/mol. The van der Waals surface area contributed by atoms with Crippen LogP contribution in [0.4, 0.5) is 0 Å². The summed E-state index contributed by atoms with van der Waals surface area (Å²) in [6, 6.07) is 16.5. The van der Waals surface area contributed by atoms with E-state index in [1.807, 2.05) is 30.3 Å². The molecule has 2 aromatic rings. The average molecular weight is 318 g/mol. The zero-order chi connectivity index (χ0) is 17.0. The quantitative estimate of drug-likeness (QED) is 0.341. The Morgan fingerprint density at radius 3 is 2.12 bits per heavy atom. The maximum Gasteiger partial charge on any atom is 0.119 e. The van der Waals surface area contributed by atoms with Crippen molar-refractivity contribution in [1.29, 1.82) is 0 Å². The SMILES string of the molecule is C=CCCCc1ccc(C#Cc2ccc(OCCCC)cc2)cc1. The van der Waals surface area contributed by atoms with Gasteiger partial charge in [-0.3, -0.25) is 0 Å². The highest BCUT2D eigenvalue weighted by Gasteiger charge is 1.95. The van der Waals surface area contributed by atoms with Gasteiger partial charge in [-0.25, -0.2) is 0 Å². The second-order valence-electron chi connectivity index (χ2n) is 5.85. The number of allylic oxidation sites excluding steroid dienone is 1. The zero-order valence-corrected chi connectivity index (χ0v) is 14.6. The molecule has 0 aliphatic rings. The number of hydrogen-bond donors (Lipinski definition) is 0. The van der Waals surface area contributed by atoms with Gasteiger partial charge in [0.2, 0.25) is 0 Å². The number of rotatable bonds is 8. The maximum atomic E-state index is 5.66. The Balaban J connectivity index is 1.90. The normalized spacial score (nSPS) is 9.88. The molecule has 0 fully saturated rings. The van der Waals surface area contributed by atoms with E-state index in [9.17, 15) is 0 Å². The van der Waals surface area contributed by atoms with Gasteiger partial charge in [-0.05, 0) is 67.6 Å². The Labute approximate surface area is 146 Å². The second kappa shape index (κ2) is 10.3. The first-order chi connectivity index (χ1) is 11.8. The largest absolute Gasteiger partial charge is 0.494 e. The molecule has 0 aromatic heterocycles. The van der Waals surface area contributed by atoms with E-state index in [0.29, 0.717) is 0 Å². The molecule has 0 atom stereocenters. The lowest BCUT2D eigenvalue weighted by Crippen LogP contribution is -1.95. The van der Waals surface area contributed by atoms with E-state index in [-0.39, 0.29) is 0 Å². The van der Waals surface area contributed by atoms with Crippen LogP contribution in [0.5, 0.6) is 5.75 Å². The van der Waals surface area contributed by atoms with Crippen LogP contribution in [-0.4, -0.2) is 6.61 Å². The minimum Gasteiger partial charge on any atom is -0.494 e. The van der Waals surface area contributed by atoms with Crippen molar-refractivity contribution in [2.45, 2.75) is 39.0 Å². The van der Waals surface area contributed by atoms with Crippen LogP contribution < -0.4 is 4.74 Å². The molecule has 0 amide bonds. The highest BCUT2D eigenvalue weighted by Crippen LogP contribution is 2.12. The van der Waals surface area contributed by atoms with Gasteiger partial charge in [0, 0.05) is 11.1 Å². The van der Waals surface area contributed by atoms with Gasteiger partial charge < -0.3 is 4.74 Å². The third-order valence-corrected chi connectivity index (χ3v) is 3.80. The van der Waals surface area contributed by atoms with Crippen LogP contribution in [0.1, 0.15) is 49.3 Å². The van der Waals surface area contributed by atoms with E-state index in [2.05, 4.69) is 49.6 Å². The van der Waals surface area contributed by atoms with Crippen molar-refractivity contribution in [2.75, 3.05) is 6.61 Å². The predicted octanol–water partition coefficient (Wildman–Crippen LogP) is 5.77. The fourth-order valence-electron chi connectivity index (χ4n) is 2.32. The van der Waals surface area contributed by atoms with Crippen molar-refractivity contribution < 1.29 is 4.74 Å². The summed E-state index contributed by atoms with van der Waals surface area (Å²) in [5, 5.41) is 0. The van der Waals surface area contributed by atoms with Crippen LogP contribution in [0.25, 0.3) is 0 Å². The van der Waals surface area contributed by atoms with Crippen LogP contribution in [0.15, 0.2) is 61.2 Å². The fraction of sp³-hybridized carbons (Fsp3) is 0.304. The minimum atomic E-state index is 0.778. The van der Waals surface area contributed by atoms with Gasteiger partial charge in [0.05, 0.1) is 6.61 Å². The third kappa shape index (κ3) is 6.34. The number of benzene rings is 2. The summed E-state index contributed by atoms with van der Waals surface area (Å²) in [5.74, 6) is 7.34. The van der Waals surface area contributed by atoms with Gasteiger partial charge in [-0.1, -0.05) is 43.4 Å². The van der Waals surface area contributed by atoms with E-state index in [1.54, 1.807) is 0 Å². The molecule has 1 nitrogen and oxygen atoms in total. The molecule has 0 radical (unpaired) electrons. The van der Waals surface area contributed by atoms with Crippen molar-refractivity contribution in [3.05, 3.63) is 77.9 Å². The van der Waals surface area contributed by atoms with Gasteiger partial charge in [-0.2, -0.15) is 0 Å². The molecule has 0 heterocycles. The second-order valence-corrected chi connectivity index (χ2v) is 5.85. The summed E-state index contributed by atoms with van der Waals surface area (Å²) >= 11 is 0. The lowest BCUT2D eigenvalue weighted by atomic mass is 10.1. The summed E-state index contributed by atoms with van der Waals surface area (Å²) in [7, 11) is 0. The third-order valence-electron chi connectivity index (χ3n) is 3.80. The van der Waals surface area contributed by atoms with Gasteiger partial charge in [-0.15, -0.1) is 6.58 Å². The Morgan fingerprint density at radius 1 is 0.917 bits per heavy atom. The highest BCUT2D eigenvalue weighted by molar-refractivity contribution is 5.44. The molecule has 124 valence electrons. The lowest BCUT2D eigenvalue weighted by molar-refractivity contribution is 0.309. The van der Waals surface area contributed by atoms with E-state index in [4.69, 9.17) is 4.74 Å². The number of ether oxygens (including phenoxy) is 1. The topological polar surface area (TPSA) is 9.23 Å². The molecular formula is C23H26O. The molecule has 0 bridgehead atoms. The van der Waals surface area contributed by atoms with Crippen molar-refractivity contribution >= 4 is 0 Å². The zero-order valence-electron chi connectivity index (χ0n) is 14.6. The molecule has 0 aliphatic carbocycles. The van der Waals surface area contributed by atoms with Gasteiger partial charge in [0.1, 0.15) is 5.75 Å². The van der Waals surface area contributed by atoms with Crippen molar-refractivity contribution in [1.82, 2.24) is 0 Å². The smallest absolute Gasteiger partial charge is 0.119 e. The monoisotopic (exact) mass is 318 g/mol. The Morgan fingerprint density at radius 2 is 1.54 bits per heavy atom. The fourth-order valence-corrected chi connectivity index (χ4v) is 2.32. The summed E-state index contributed by atoms with van der Waals surface area (Å²) in [5.41, 5.74) is 3.41. The summed E-state index contributed by atoms with van der Waals surface area (Å²) in [6.45, 7) is 6.70. The van der Waals surface area contributed by atoms with E-state index in [1.165, 1.54) is 5.56 Å². The molecule has 1 heteroatoms. The average Bonchev–Trinajstić information content (AvgIpc) is 2.63. The molecule has 0 N–H and O–H groups in total. The number of aryl methyl sites for hydroxylation is 1. The Kier molecular flexibility index (Phi) is 7.71. The summed E-state index contributed by atoms with van der Waals surface area (Å²) in [4.78, 5) is 0. The molecule has 0 saturated heterocycles. The highest BCUT2D eigenvalue weighted by atomic mass is 16.5. The molecule has 2 aromatic carbocycles. The number of unbranched alkanes of at least 4 members (excludes halogenated alkanes) is 2. The maximum absolute atomic E-state index is 5.66. The first-order valence-corrected chi connectivity index (χ1v) is 8.76. The molecular weight excluding hydrogens is 292 g/mol. The standard InChI is InChI=1S/C23H26O/c1-3-5-7-8-20-9-11-21(12-10-20)13-14-22-15-17-23(18-16-22)24-19-6-4-2/h3,9-12,15-18H,1,4-8,19H2,2H3. The van der Waals surface area contributed by atoms with Crippen LogP contribution in [-0.2, 0) is 6.42 Å². The molecule has 0 spiro atoms. The molecule has 2 rings (SSSR count). The van der Waals surface area contributed by atoms with Gasteiger partial charge >= 0.3 is 0 Å². The summed E-state index contributed by atoms with van der Waals surface area (Å²) < 4.78 is 5.66. The van der Waals surface area contributed by atoms with Crippen LogP contribution >= 0.6 is 0 Å². The van der Waals surface area contributed by atoms with Crippen LogP contribution in [0.2, 0.25) is 0 Å².